The van der Waals surface area contributed by atoms with Crippen molar-refractivity contribution in [1.82, 2.24) is 0 Å². The van der Waals surface area contributed by atoms with E-state index >= 15 is 0 Å². The van der Waals surface area contributed by atoms with Gasteiger partial charge >= 0.3 is 5.97 Å². The van der Waals surface area contributed by atoms with E-state index < -0.39 is 6.04 Å². The smallest absolute Gasteiger partial charge is 0.310 e. The third-order valence-corrected chi connectivity index (χ3v) is 3.25. The quantitative estimate of drug-likeness (QED) is 0.843. The Kier molecular flexibility index (Phi) is 3.67. The first-order valence-electron chi connectivity index (χ1n) is 5.98. The van der Waals surface area contributed by atoms with Crippen molar-refractivity contribution < 1.29 is 13.9 Å². The molecule has 0 saturated carbocycles. The lowest BCUT2D eigenvalue weighted by molar-refractivity contribution is -0.146. The number of benzene rings is 1. The van der Waals surface area contributed by atoms with E-state index in [9.17, 15) is 4.79 Å². The van der Waals surface area contributed by atoms with Gasteiger partial charge in [0, 0.05) is 17.0 Å². The van der Waals surface area contributed by atoms with Crippen molar-refractivity contribution in [2.24, 2.45) is 11.7 Å². The van der Waals surface area contributed by atoms with E-state index in [-0.39, 0.29) is 11.9 Å². The molecule has 18 heavy (non-hydrogen) atoms. The second-order valence-corrected chi connectivity index (χ2v) is 4.25. The molecule has 1 aromatic carbocycles. The van der Waals surface area contributed by atoms with E-state index in [1.54, 1.807) is 6.26 Å². The molecular formula is C14H17NO3. The van der Waals surface area contributed by atoms with Crippen molar-refractivity contribution in [3.05, 3.63) is 36.1 Å². The van der Waals surface area contributed by atoms with Gasteiger partial charge in [0.2, 0.25) is 0 Å². The van der Waals surface area contributed by atoms with Gasteiger partial charge in [-0.3, -0.25) is 4.79 Å². The van der Waals surface area contributed by atoms with E-state index in [1.807, 2.05) is 31.2 Å². The highest BCUT2D eigenvalue weighted by molar-refractivity contribution is 5.83. The maximum atomic E-state index is 11.7. The summed E-state index contributed by atoms with van der Waals surface area (Å²) in [6, 6.07) is 7.24. The molecule has 96 valence electrons. The third-order valence-electron chi connectivity index (χ3n) is 3.25. The van der Waals surface area contributed by atoms with Crippen molar-refractivity contribution in [3.63, 3.8) is 0 Å². The highest BCUT2D eigenvalue weighted by atomic mass is 16.5. The van der Waals surface area contributed by atoms with E-state index in [1.165, 1.54) is 7.11 Å². The van der Waals surface area contributed by atoms with Crippen LogP contribution in [0.25, 0.3) is 11.0 Å². The van der Waals surface area contributed by atoms with Gasteiger partial charge < -0.3 is 14.9 Å². The molecule has 2 N–H and O–H groups in total. The molecule has 0 fully saturated rings. The molecule has 0 bridgehead atoms. The number of nitrogens with two attached hydrogens (primary N) is 1. The van der Waals surface area contributed by atoms with Gasteiger partial charge in [0.05, 0.1) is 19.3 Å². The third kappa shape index (κ3) is 2.11. The van der Waals surface area contributed by atoms with Crippen LogP contribution in [-0.4, -0.2) is 13.1 Å². The molecule has 2 atom stereocenters. The molecule has 0 saturated heterocycles. The standard InChI is InChI=1S/C14H17NO3/c1-3-9(14(16)17-2)13(15)11-8-18-12-7-5-4-6-10(11)12/h4-9,13H,3,15H2,1-2H3. The largest absolute Gasteiger partial charge is 0.469 e. The lowest BCUT2D eigenvalue weighted by atomic mass is 9.91. The number of esters is 1. The molecule has 0 aliphatic carbocycles. The molecule has 0 amide bonds. The summed E-state index contributed by atoms with van der Waals surface area (Å²) in [5, 5.41) is 0.951. The Balaban J connectivity index is 2.38. The molecule has 2 unspecified atom stereocenters. The monoisotopic (exact) mass is 247 g/mol. The van der Waals surface area contributed by atoms with Crippen LogP contribution < -0.4 is 5.73 Å². The van der Waals surface area contributed by atoms with Crippen LogP contribution in [0.4, 0.5) is 0 Å². The first-order chi connectivity index (χ1) is 8.69. The van der Waals surface area contributed by atoms with Crippen LogP contribution in [0.15, 0.2) is 34.9 Å². The molecule has 0 aliphatic heterocycles. The number of carbonyl (C=O) groups is 1. The van der Waals surface area contributed by atoms with Gasteiger partial charge in [0.15, 0.2) is 0 Å². The van der Waals surface area contributed by atoms with Crippen LogP contribution in [0.1, 0.15) is 24.9 Å². The predicted octanol–water partition coefficient (Wildman–Crippen LogP) is 2.63. The maximum Gasteiger partial charge on any atom is 0.310 e. The molecule has 0 spiro atoms. The Morgan fingerprint density at radius 3 is 2.83 bits per heavy atom. The van der Waals surface area contributed by atoms with Gasteiger partial charge in [-0.05, 0) is 12.5 Å². The Morgan fingerprint density at radius 2 is 2.17 bits per heavy atom. The Bertz CT molecular complexity index is 547. The van der Waals surface area contributed by atoms with Crippen molar-refractivity contribution in [2.75, 3.05) is 7.11 Å². The minimum Gasteiger partial charge on any atom is -0.469 e. The van der Waals surface area contributed by atoms with E-state index in [0.29, 0.717) is 6.42 Å². The number of carbonyl (C=O) groups excluding carboxylic acids is 1. The summed E-state index contributed by atoms with van der Waals surface area (Å²) in [5.74, 6) is -0.633. The Hall–Kier alpha value is -1.81. The minimum absolute atomic E-state index is 0.282. The van der Waals surface area contributed by atoms with Gasteiger partial charge in [-0.15, -0.1) is 0 Å². The number of ether oxygens (including phenoxy) is 1. The summed E-state index contributed by atoms with van der Waals surface area (Å²) in [5.41, 5.74) is 7.81. The molecule has 4 nitrogen and oxygen atoms in total. The zero-order valence-corrected chi connectivity index (χ0v) is 10.6. The first kappa shape index (κ1) is 12.6. The molecule has 2 aromatic rings. The van der Waals surface area contributed by atoms with Gasteiger partial charge in [-0.2, -0.15) is 0 Å². The lowest BCUT2D eigenvalue weighted by Crippen LogP contribution is -2.28. The second-order valence-electron chi connectivity index (χ2n) is 4.25. The van der Waals surface area contributed by atoms with Crippen molar-refractivity contribution in [2.45, 2.75) is 19.4 Å². The number of rotatable bonds is 4. The van der Waals surface area contributed by atoms with Crippen LogP contribution in [0, 0.1) is 5.92 Å². The van der Waals surface area contributed by atoms with Crippen molar-refractivity contribution >= 4 is 16.9 Å². The summed E-state index contributed by atoms with van der Waals surface area (Å²) in [4.78, 5) is 11.7. The second kappa shape index (κ2) is 5.23. The number of hydrogen-bond donors (Lipinski definition) is 1. The highest BCUT2D eigenvalue weighted by Crippen LogP contribution is 2.30. The summed E-state index contributed by atoms with van der Waals surface area (Å²) in [6.45, 7) is 1.92. The average molecular weight is 247 g/mol. The van der Waals surface area contributed by atoms with Gasteiger partial charge in [-0.25, -0.2) is 0 Å². The number of methoxy groups -OCH3 is 1. The SMILES string of the molecule is CCC(C(=O)OC)C(N)c1coc2ccccc12. The average Bonchev–Trinajstić information content (AvgIpc) is 2.82. The lowest BCUT2D eigenvalue weighted by Gasteiger charge is -2.19. The van der Waals surface area contributed by atoms with Gasteiger partial charge in [0.1, 0.15) is 5.58 Å². The van der Waals surface area contributed by atoms with E-state index in [4.69, 9.17) is 14.9 Å². The molecule has 0 radical (unpaired) electrons. The summed E-state index contributed by atoms with van der Waals surface area (Å²) < 4.78 is 10.2. The zero-order chi connectivity index (χ0) is 13.1. The molecule has 1 heterocycles. The van der Waals surface area contributed by atoms with E-state index in [0.717, 1.165) is 16.5 Å². The van der Waals surface area contributed by atoms with Crippen LogP contribution in [0.5, 0.6) is 0 Å². The predicted molar refractivity (Wildman–Crippen MR) is 68.9 cm³/mol. The molecule has 2 rings (SSSR count). The zero-order valence-electron chi connectivity index (χ0n) is 10.6. The number of fused-ring (bicyclic) bond motifs is 1. The fourth-order valence-electron chi connectivity index (χ4n) is 2.19. The number of hydrogen-bond acceptors (Lipinski definition) is 4. The van der Waals surface area contributed by atoms with Crippen LogP contribution in [0.3, 0.4) is 0 Å². The number of furan rings is 1. The topological polar surface area (TPSA) is 65.5 Å². The Morgan fingerprint density at radius 1 is 1.44 bits per heavy atom. The van der Waals surface area contributed by atoms with Crippen molar-refractivity contribution in [3.8, 4) is 0 Å². The van der Waals surface area contributed by atoms with E-state index in [2.05, 4.69) is 0 Å². The molecule has 0 aliphatic rings. The van der Waals surface area contributed by atoms with Gasteiger partial charge in [0.25, 0.3) is 0 Å². The maximum absolute atomic E-state index is 11.7. The number of para-hydroxylation sites is 1. The fourth-order valence-corrected chi connectivity index (χ4v) is 2.19. The van der Waals surface area contributed by atoms with Crippen LogP contribution in [0.2, 0.25) is 0 Å². The van der Waals surface area contributed by atoms with Crippen molar-refractivity contribution in [1.29, 1.82) is 0 Å². The Labute approximate surface area is 106 Å². The molecule has 1 aromatic heterocycles. The summed E-state index contributed by atoms with van der Waals surface area (Å²) >= 11 is 0. The first-order valence-corrected chi connectivity index (χ1v) is 5.98. The highest BCUT2D eigenvalue weighted by Gasteiger charge is 2.28. The molecule has 4 heteroatoms. The van der Waals surface area contributed by atoms with Gasteiger partial charge in [-0.1, -0.05) is 25.1 Å². The fraction of sp³-hybridized carbons (Fsp3) is 0.357. The summed E-state index contributed by atoms with van der Waals surface area (Å²) in [6.07, 6.45) is 2.26. The minimum atomic E-state index is -0.411. The molecular weight excluding hydrogens is 230 g/mol. The normalized spacial score (nSPS) is 14.4. The van der Waals surface area contributed by atoms with Crippen LogP contribution >= 0.6 is 0 Å². The van der Waals surface area contributed by atoms with Crippen LogP contribution in [-0.2, 0) is 9.53 Å². The summed E-state index contributed by atoms with van der Waals surface area (Å²) in [7, 11) is 1.38.